The van der Waals surface area contributed by atoms with Crippen LogP contribution in [-0.2, 0) is 6.54 Å². The van der Waals surface area contributed by atoms with E-state index in [2.05, 4.69) is 20.4 Å². The van der Waals surface area contributed by atoms with Crippen LogP contribution in [0, 0.1) is 11.3 Å². The smallest absolute Gasteiger partial charge is 0.182 e. The lowest BCUT2D eigenvalue weighted by atomic mass is 10.3. The van der Waals surface area contributed by atoms with Crippen molar-refractivity contribution in [2.45, 2.75) is 6.54 Å². The quantitative estimate of drug-likeness (QED) is 0.777. The Morgan fingerprint density at radius 2 is 1.96 bits per heavy atom. The van der Waals surface area contributed by atoms with E-state index in [9.17, 15) is 0 Å². The minimum atomic E-state index is 0.266. The predicted octanol–water partition coefficient (Wildman–Crippen LogP) is 2.15. The van der Waals surface area contributed by atoms with Crippen molar-refractivity contribution in [3.05, 3.63) is 60.3 Å². The highest BCUT2D eigenvalue weighted by Gasteiger charge is 2.06. The second kappa shape index (κ2) is 6.58. The standard InChI is InChI=1S/C16H14N6O/c1-23-14-4-2-13(3-5-14)22-9-6-12(21-22)11-20-16-15(10-17)18-7-8-19-16/h2-9H,11H2,1H3,(H,19,20). The molecule has 0 saturated carbocycles. The number of aromatic nitrogens is 4. The van der Waals surface area contributed by atoms with Crippen LogP contribution in [-0.4, -0.2) is 26.9 Å². The number of anilines is 1. The minimum absolute atomic E-state index is 0.266. The maximum absolute atomic E-state index is 8.99. The molecular formula is C16H14N6O. The van der Waals surface area contributed by atoms with Gasteiger partial charge in [0.15, 0.2) is 11.5 Å². The van der Waals surface area contributed by atoms with Crippen molar-refractivity contribution in [2.75, 3.05) is 12.4 Å². The van der Waals surface area contributed by atoms with Gasteiger partial charge in [0, 0.05) is 18.6 Å². The minimum Gasteiger partial charge on any atom is -0.497 e. The van der Waals surface area contributed by atoms with Gasteiger partial charge in [-0.05, 0) is 30.3 Å². The van der Waals surface area contributed by atoms with E-state index in [1.807, 2.05) is 42.6 Å². The molecule has 7 nitrogen and oxygen atoms in total. The van der Waals surface area contributed by atoms with E-state index < -0.39 is 0 Å². The number of benzene rings is 1. The molecule has 1 aromatic carbocycles. The summed E-state index contributed by atoms with van der Waals surface area (Å²) in [5, 5.41) is 16.5. The maximum atomic E-state index is 8.99. The summed E-state index contributed by atoms with van der Waals surface area (Å²) in [5.74, 6) is 1.25. The Balaban J connectivity index is 1.71. The second-order valence-corrected chi connectivity index (χ2v) is 4.67. The predicted molar refractivity (Wildman–Crippen MR) is 84.2 cm³/mol. The van der Waals surface area contributed by atoms with Gasteiger partial charge in [0.2, 0.25) is 0 Å². The van der Waals surface area contributed by atoms with Gasteiger partial charge in [0.25, 0.3) is 0 Å². The number of nitriles is 1. The zero-order chi connectivity index (χ0) is 16.1. The first-order chi connectivity index (χ1) is 11.3. The van der Waals surface area contributed by atoms with Crippen LogP contribution in [0.2, 0.25) is 0 Å². The largest absolute Gasteiger partial charge is 0.497 e. The highest BCUT2D eigenvalue weighted by atomic mass is 16.5. The fourth-order valence-corrected chi connectivity index (χ4v) is 2.06. The number of rotatable bonds is 5. The Kier molecular flexibility index (Phi) is 4.16. The summed E-state index contributed by atoms with van der Waals surface area (Å²) >= 11 is 0. The summed E-state index contributed by atoms with van der Waals surface area (Å²) in [4.78, 5) is 8.06. The van der Waals surface area contributed by atoms with Crippen molar-refractivity contribution in [1.82, 2.24) is 19.7 Å². The fraction of sp³-hybridized carbons (Fsp3) is 0.125. The number of nitrogens with zero attached hydrogens (tertiary/aromatic N) is 5. The molecule has 0 saturated heterocycles. The third kappa shape index (κ3) is 3.27. The average molecular weight is 306 g/mol. The fourth-order valence-electron chi connectivity index (χ4n) is 2.06. The topological polar surface area (TPSA) is 88.6 Å². The van der Waals surface area contributed by atoms with E-state index in [1.54, 1.807) is 18.0 Å². The molecule has 1 N–H and O–H groups in total. The molecule has 0 unspecified atom stereocenters. The van der Waals surface area contributed by atoms with Crippen LogP contribution in [0.3, 0.4) is 0 Å². The number of methoxy groups -OCH3 is 1. The molecule has 3 aromatic rings. The van der Waals surface area contributed by atoms with Crippen molar-refractivity contribution in [2.24, 2.45) is 0 Å². The summed E-state index contributed by atoms with van der Waals surface area (Å²) in [6, 6.07) is 11.5. The monoisotopic (exact) mass is 306 g/mol. The summed E-state index contributed by atoms with van der Waals surface area (Å²) in [7, 11) is 1.63. The first-order valence-corrected chi connectivity index (χ1v) is 6.94. The molecule has 3 rings (SSSR count). The van der Waals surface area contributed by atoms with Gasteiger partial charge >= 0.3 is 0 Å². The molecule has 0 aliphatic rings. The van der Waals surface area contributed by atoms with Gasteiger partial charge in [-0.3, -0.25) is 0 Å². The van der Waals surface area contributed by atoms with Gasteiger partial charge in [-0.15, -0.1) is 0 Å². The first kappa shape index (κ1) is 14.5. The van der Waals surface area contributed by atoms with E-state index >= 15 is 0 Å². The molecule has 23 heavy (non-hydrogen) atoms. The van der Waals surface area contributed by atoms with Gasteiger partial charge in [-0.25, -0.2) is 14.6 Å². The lowest BCUT2D eigenvalue weighted by molar-refractivity contribution is 0.414. The summed E-state index contributed by atoms with van der Waals surface area (Å²) in [6.45, 7) is 0.455. The normalized spacial score (nSPS) is 10.1. The second-order valence-electron chi connectivity index (χ2n) is 4.67. The molecule has 2 heterocycles. The number of hydrogen-bond acceptors (Lipinski definition) is 6. The molecule has 0 aliphatic carbocycles. The molecule has 0 radical (unpaired) electrons. The molecule has 0 bridgehead atoms. The molecule has 2 aromatic heterocycles. The van der Waals surface area contributed by atoms with E-state index in [1.165, 1.54) is 6.20 Å². The van der Waals surface area contributed by atoms with Gasteiger partial charge in [-0.2, -0.15) is 10.4 Å². The van der Waals surface area contributed by atoms with E-state index in [4.69, 9.17) is 10.00 Å². The van der Waals surface area contributed by atoms with Gasteiger partial charge < -0.3 is 10.1 Å². The van der Waals surface area contributed by atoms with Crippen LogP contribution in [0.15, 0.2) is 48.9 Å². The van der Waals surface area contributed by atoms with Crippen molar-refractivity contribution in [3.8, 4) is 17.5 Å². The zero-order valence-corrected chi connectivity index (χ0v) is 12.5. The molecule has 114 valence electrons. The molecule has 0 aliphatic heterocycles. The Hall–Kier alpha value is -3.40. The molecule has 7 heteroatoms. The third-order valence-corrected chi connectivity index (χ3v) is 3.22. The van der Waals surface area contributed by atoms with Crippen molar-refractivity contribution in [1.29, 1.82) is 5.26 Å². The first-order valence-electron chi connectivity index (χ1n) is 6.94. The Bertz CT molecular complexity index is 834. The summed E-state index contributed by atoms with van der Waals surface area (Å²) in [5.41, 5.74) is 2.03. The lowest BCUT2D eigenvalue weighted by Gasteiger charge is -2.05. The number of nitrogens with one attached hydrogen (secondary N) is 1. The van der Waals surface area contributed by atoms with Crippen molar-refractivity contribution in [3.63, 3.8) is 0 Å². The Morgan fingerprint density at radius 1 is 1.17 bits per heavy atom. The Morgan fingerprint density at radius 3 is 2.70 bits per heavy atom. The van der Waals surface area contributed by atoms with Crippen molar-refractivity contribution < 1.29 is 4.74 Å². The van der Waals surface area contributed by atoms with E-state index in [0.29, 0.717) is 12.4 Å². The van der Waals surface area contributed by atoms with Crippen LogP contribution in [0.25, 0.3) is 5.69 Å². The molecule has 0 amide bonds. The number of ether oxygens (including phenoxy) is 1. The van der Waals surface area contributed by atoms with E-state index in [0.717, 1.165) is 17.1 Å². The van der Waals surface area contributed by atoms with Crippen LogP contribution in [0.1, 0.15) is 11.4 Å². The van der Waals surface area contributed by atoms with Crippen molar-refractivity contribution >= 4 is 5.82 Å². The van der Waals surface area contributed by atoms with Gasteiger partial charge in [0.1, 0.15) is 11.8 Å². The molecule has 0 atom stereocenters. The highest BCUT2D eigenvalue weighted by molar-refractivity contribution is 5.46. The highest BCUT2D eigenvalue weighted by Crippen LogP contribution is 2.15. The number of hydrogen-bond donors (Lipinski definition) is 1. The van der Waals surface area contributed by atoms with Crippen LogP contribution in [0.4, 0.5) is 5.82 Å². The third-order valence-electron chi connectivity index (χ3n) is 3.22. The van der Waals surface area contributed by atoms with Crippen LogP contribution < -0.4 is 10.1 Å². The molecule has 0 fully saturated rings. The lowest BCUT2D eigenvalue weighted by Crippen LogP contribution is -2.05. The summed E-state index contributed by atoms with van der Waals surface area (Å²) < 4.78 is 6.92. The van der Waals surface area contributed by atoms with Gasteiger partial charge in [-0.1, -0.05) is 0 Å². The molecule has 0 spiro atoms. The molecular weight excluding hydrogens is 292 g/mol. The maximum Gasteiger partial charge on any atom is 0.182 e. The SMILES string of the molecule is COc1ccc(-n2ccc(CNc3nccnc3C#N)n2)cc1. The van der Waals surface area contributed by atoms with Crippen LogP contribution in [0.5, 0.6) is 5.75 Å². The van der Waals surface area contributed by atoms with Crippen LogP contribution >= 0.6 is 0 Å². The Labute approximate surface area is 133 Å². The summed E-state index contributed by atoms with van der Waals surface area (Å²) in [6.07, 6.45) is 4.90. The zero-order valence-electron chi connectivity index (χ0n) is 12.5. The van der Waals surface area contributed by atoms with E-state index in [-0.39, 0.29) is 5.69 Å². The van der Waals surface area contributed by atoms with Gasteiger partial charge in [0.05, 0.1) is 25.0 Å². The average Bonchev–Trinajstić information content (AvgIpc) is 3.09.